The van der Waals surface area contributed by atoms with Crippen LogP contribution in [0.25, 0.3) is 5.65 Å². The maximum Gasteiger partial charge on any atom is 0.224 e. The number of morpholine rings is 1. The van der Waals surface area contributed by atoms with Gasteiger partial charge in [0.2, 0.25) is 5.91 Å². The van der Waals surface area contributed by atoms with Crippen molar-refractivity contribution < 1.29 is 9.53 Å². The average Bonchev–Trinajstić information content (AvgIpc) is 3.16. The summed E-state index contributed by atoms with van der Waals surface area (Å²) in [6, 6.07) is 4.25. The molecule has 1 atom stereocenters. The number of rotatable bonds is 4. The number of nitrogens with zero attached hydrogens (tertiary/aromatic N) is 6. The molecule has 0 aliphatic carbocycles. The Kier molecular flexibility index (Phi) is 5.03. The van der Waals surface area contributed by atoms with Gasteiger partial charge >= 0.3 is 0 Å². The number of carbonyl (C=O) groups excluding carboxylic acids is 1. The number of anilines is 1. The molecule has 2 aromatic heterocycles. The van der Waals surface area contributed by atoms with E-state index >= 15 is 0 Å². The molecular formula is C18H26N6O2. The Balaban J connectivity index is 1.30. The van der Waals surface area contributed by atoms with E-state index in [1.165, 1.54) is 0 Å². The highest BCUT2D eigenvalue weighted by Crippen LogP contribution is 2.16. The zero-order valence-electron chi connectivity index (χ0n) is 15.3. The molecule has 0 saturated carbocycles. The second-order valence-electron chi connectivity index (χ2n) is 6.99. The number of piperazine rings is 1. The summed E-state index contributed by atoms with van der Waals surface area (Å²) < 4.78 is 7.18. The third kappa shape index (κ3) is 3.66. The van der Waals surface area contributed by atoms with Crippen LogP contribution in [0.2, 0.25) is 0 Å². The van der Waals surface area contributed by atoms with Crippen LogP contribution in [-0.2, 0) is 9.53 Å². The first kappa shape index (κ1) is 17.2. The molecule has 0 N–H and O–H groups in total. The number of hydrogen-bond acceptors (Lipinski definition) is 6. The number of carbonyl (C=O) groups is 1. The van der Waals surface area contributed by atoms with Crippen molar-refractivity contribution in [3.05, 3.63) is 24.5 Å². The van der Waals surface area contributed by atoms with Gasteiger partial charge in [-0.25, -0.2) is 9.50 Å². The molecule has 0 spiro atoms. The lowest BCUT2D eigenvalue weighted by Crippen LogP contribution is -2.51. The predicted molar refractivity (Wildman–Crippen MR) is 98.3 cm³/mol. The van der Waals surface area contributed by atoms with Crippen LogP contribution in [0.1, 0.15) is 13.3 Å². The highest BCUT2D eigenvalue weighted by atomic mass is 16.5. The molecule has 26 heavy (non-hydrogen) atoms. The van der Waals surface area contributed by atoms with E-state index in [0.29, 0.717) is 6.42 Å². The van der Waals surface area contributed by atoms with Crippen LogP contribution in [0.15, 0.2) is 24.5 Å². The average molecular weight is 358 g/mol. The molecule has 0 radical (unpaired) electrons. The Bertz CT molecular complexity index is 749. The predicted octanol–water partition coefficient (Wildman–Crippen LogP) is 0.489. The molecule has 0 unspecified atom stereocenters. The van der Waals surface area contributed by atoms with Crippen molar-refractivity contribution in [3.8, 4) is 0 Å². The lowest BCUT2D eigenvalue weighted by atomic mass is 10.1. The Labute approximate surface area is 153 Å². The van der Waals surface area contributed by atoms with Crippen LogP contribution < -0.4 is 4.90 Å². The van der Waals surface area contributed by atoms with Gasteiger partial charge in [0.15, 0.2) is 5.65 Å². The van der Waals surface area contributed by atoms with E-state index in [9.17, 15) is 4.79 Å². The number of fused-ring (bicyclic) bond motifs is 1. The van der Waals surface area contributed by atoms with Gasteiger partial charge in [0.25, 0.3) is 0 Å². The fraction of sp³-hybridized carbons (Fsp3) is 0.611. The number of hydrogen-bond donors (Lipinski definition) is 0. The summed E-state index contributed by atoms with van der Waals surface area (Å²) in [5, 5.41) is 4.60. The first-order valence-electron chi connectivity index (χ1n) is 9.35. The van der Waals surface area contributed by atoms with E-state index in [-0.39, 0.29) is 11.9 Å². The smallest absolute Gasteiger partial charge is 0.224 e. The molecule has 2 aliphatic rings. The van der Waals surface area contributed by atoms with Crippen molar-refractivity contribution in [1.29, 1.82) is 0 Å². The van der Waals surface area contributed by atoms with Crippen molar-refractivity contribution in [2.75, 3.05) is 57.4 Å². The van der Waals surface area contributed by atoms with Crippen molar-refractivity contribution in [3.63, 3.8) is 0 Å². The molecule has 4 heterocycles. The Hall–Kier alpha value is -2.19. The van der Waals surface area contributed by atoms with Gasteiger partial charge in [-0.05, 0) is 19.1 Å². The van der Waals surface area contributed by atoms with Gasteiger partial charge in [0.05, 0.1) is 13.2 Å². The molecule has 8 heteroatoms. The number of amides is 1. The van der Waals surface area contributed by atoms with E-state index in [4.69, 9.17) is 4.74 Å². The fourth-order valence-electron chi connectivity index (χ4n) is 3.69. The lowest BCUT2D eigenvalue weighted by molar-refractivity contribution is -0.133. The van der Waals surface area contributed by atoms with Gasteiger partial charge in [-0.1, -0.05) is 0 Å². The van der Waals surface area contributed by atoms with Crippen LogP contribution in [-0.4, -0.2) is 88.8 Å². The first-order valence-corrected chi connectivity index (χ1v) is 9.35. The maximum atomic E-state index is 12.7. The van der Waals surface area contributed by atoms with Gasteiger partial charge in [-0.15, -0.1) is 5.10 Å². The molecule has 140 valence electrons. The summed E-state index contributed by atoms with van der Waals surface area (Å²) in [7, 11) is 0. The minimum absolute atomic E-state index is 0.252. The Morgan fingerprint density at radius 3 is 2.69 bits per heavy atom. The highest BCUT2D eigenvalue weighted by molar-refractivity contribution is 5.77. The molecule has 1 amide bonds. The van der Waals surface area contributed by atoms with Gasteiger partial charge < -0.3 is 14.5 Å². The lowest BCUT2D eigenvalue weighted by Gasteiger charge is -2.37. The maximum absolute atomic E-state index is 12.7. The molecule has 2 saturated heterocycles. The van der Waals surface area contributed by atoms with E-state index < -0.39 is 0 Å². The van der Waals surface area contributed by atoms with Gasteiger partial charge in [-0.3, -0.25) is 9.69 Å². The zero-order chi connectivity index (χ0) is 17.9. The van der Waals surface area contributed by atoms with Crippen LogP contribution in [0.4, 0.5) is 5.82 Å². The van der Waals surface area contributed by atoms with E-state index in [0.717, 1.165) is 63.9 Å². The van der Waals surface area contributed by atoms with Crippen LogP contribution in [0.5, 0.6) is 0 Å². The van der Waals surface area contributed by atoms with Crippen molar-refractivity contribution in [1.82, 2.24) is 24.4 Å². The second-order valence-corrected chi connectivity index (χ2v) is 6.99. The topological polar surface area (TPSA) is 66.2 Å². The summed E-state index contributed by atoms with van der Waals surface area (Å²) in [5.41, 5.74) is 0.847. The standard InChI is InChI=1S/C18H26N6O2/c1-15(21-10-12-26-13-11-21)14-18(25)23-8-6-22(7-9-23)17-3-2-16-19-4-5-24(16)20-17/h2-5,15H,6-14H2,1H3/t15-/m0/s1. The molecular weight excluding hydrogens is 332 g/mol. The van der Waals surface area contributed by atoms with Crippen LogP contribution >= 0.6 is 0 Å². The molecule has 8 nitrogen and oxygen atoms in total. The first-order chi connectivity index (χ1) is 12.7. The SMILES string of the molecule is C[C@@H](CC(=O)N1CCN(c2ccc3nccn3n2)CC1)N1CCOCC1. The third-order valence-corrected chi connectivity index (χ3v) is 5.34. The monoisotopic (exact) mass is 358 g/mol. The largest absolute Gasteiger partial charge is 0.379 e. The number of imidazole rings is 1. The summed E-state index contributed by atoms with van der Waals surface area (Å²) in [4.78, 5) is 23.4. The Morgan fingerprint density at radius 2 is 1.92 bits per heavy atom. The van der Waals surface area contributed by atoms with E-state index in [1.807, 2.05) is 23.2 Å². The molecule has 0 aromatic carbocycles. The van der Waals surface area contributed by atoms with Crippen molar-refractivity contribution >= 4 is 17.4 Å². The van der Waals surface area contributed by atoms with E-state index in [2.05, 4.69) is 26.8 Å². The molecule has 0 bridgehead atoms. The molecule has 2 fully saturated rings. The zero-order valence-corrected chi connectivity index (χ0v) is 15.3. The summed E-state index contributed by atoms with van der Waals surface area (Å²) in [6.45, 7) is 8.64. The van der Waals surface area contributed by atoms with Crippen LogP contribution in [0.3, 0.4) is 0 Å². The number of ether oxygens (including phenoxy) is 1. The third-order valence-electron chi connectivity index (χ3n) is 5.34. The highest BCUT2D eigenvalue weighted by Gasteiger charge is 2.25. The van der Waals surface area contributed by atoms with E-state index in [1.54, 1.807) is 10.7 Å². The fourth-order valence-corrected chi connectivity index (χ4v) is 3.69. The summed E-state index contributed by atoms with van der Waals surface area (Å²) in [5.74, 6) is 1.19. The van der Waals surface area contributed by atoms with Crippen LogP contribution in [0, 0.1) is 0 Å². The molecule has 4 rings (SSSR count). The molecule has 2 aromatic rings. The minimum Gasteiger partial charge on any atom is -0.379 e. The number of aromatic nitrogens is 3. The molecule has 2 aliphatic heterocycles. The van der Waals surface area contributed by atoms with Crippen molar-refractivity contribution in [2.24, 2.45) is 0 Å². The normalized spacial score (nSPS) is 20.5. The second kappa shape index (κ2) is 7.59. The summed E-state index contributed by atoms with van der Waals surface area (Å²) >= 11 is 0. The van der Waals surface area contributed by atoms with Gasteiger partial charge in [-0.2, -0.15) is 0 Å². The van der Waals surface area contributed by atoms with Gasteiger partial charge in [0.1, 0.15) is 5.82 Å². The van der Waals surface area contributed by atoms with Crippen molar-refractivity contribution in [2.45, 2.75) is 19.4 Å². The van der Waals surface area contributed by atoms with Gasteiger partial charge in [0, 0.05) is 64.1 Å². The minimum atomic E-state index is 0.252. The Morgan fingerprint density at radius 1 is 1.15 bits per heavy atom. The quantitative estimate of drug-likeness (QED) is 0.793. The summed E-state index contributed by atoms with van der Waals surface area (Å²) in [6.07, 6.45) is 4.18.